The number of aliphatic hydroxyl groups is 1. The van der Waals surface area contributed by atoms with E-state index in [9.17, 15) is 13.2 Å². The lowest BCUT2D eigenvalue weighted by Crippen LogP contribution is -2.09. The first-order valence-corrected chi connectivity index (χ1v) is 6.54. The number of pyridine rings is 1. The topological polar surface area (TPSA) is 55.2 Å². The van der Waals surface area contributed by atoms with Crippen LogP contribution in [0.25, 0.3) is 10.6 Å². The lowest BCUT2D eigenvalue weighted by molar-refractivity contribution is -0.141. The summed E-state index contributed by atoms with van der Waals surface area (Å²) in [4.78, 5) is 7.94. The third-order valence-electron chi connectivity index (χ3n) is 2.37. The molecule has 2 aromatic rings. The molecule has 0 aliphatic carbocycles. The fraction of sp³-hybridized carbons (Fsp3) is 0.333. The van der Waals surface area contributed by atoms with Gasteiger partial charge in [0.05, 0.1) is 18.1 Å². The molecule has 2 heterocycles. The third kappa shape index (κ3) is 3.07. The van der Waals surface area contributed by atoms with E-state index in [1.165, 1.54) is 12.3 Å². The zero-order chi connectivity index (χ0) is 14.8. The quantitative estimate of drug-likeness (QED) is 0.943. The summed E-state index contributed by atoms with van der Waals surface area (Å²) in [6.07, 6.45) is -3.15. The summed E-state index contributed by atoms with van der Waals surface area (Å²) in [5.41, 5.74) is -0.909. The zero-order valence-electron chi connectivity index (χ0n) is 10.4. The minimum atomic E-state index is -4.52. The minimum absolute atomic E-state index is 0.0823. The summed E-state index contributed by atoms with van der Waals surface area (Å²) in [6, 6.07) is 2.12. The van der Waals surface area contributed by atoms with Crippen molar-refractivity contribution >= 4 is 11.3 Å². The number of aliphatic hydroxyl groups excluding tert-OH is 1. The van der Waals surface area contributed by atoms with Crippen LogP contribution in [-0.4, -0.2) is 21.7 Å². The van der Waals surface area contributed by atoms with Crippen LogP contribution in [0.4, 0.5) is 13.2 Å². The monoisotopic (exact) mass is 304 g/mol. The van der Waals surface area contributed by atoms with Crippen molar-refractivity contribution in [3.63, 3.8) is 0 Å². The van der Waals surface area contributed by atoms with Gasteiger partial charge in [0.2, 0.25) is 0 Å². The second-order valence-corrected chi connectivity index (χ2v) is 4.87. The lowest BCUT2D eigenvalue weighted by Gasteiger charge is -2.11. The first-order chi connectivity index (χ1) is 9.45. The van der Waals surface area contributed by atoms with E-state index in [-0.39, 0.29) is 18.1 Å². The molecule has 0 spiro atoms. The van der Waals surface area contributed by atoms with Crippen LogP contribution < -0.4 is 4.74 Å². The molecule has 108 valence electrons. The Balaban J connectivity index is 2.51. The maximum Gasteiger partial charge on any atom is 0.433 e. The first kappa shape index (κ1) is 14.7. The van der Waals surface area contributed by atoms with Gasteiger partial charge in [0, 0.05) is 6.20 Å². The Labute approximate surface area is 116 Å². The summed E-state index contributed by atoms with van der Waals surface area (Å²) >= 11 is 1.07. The van der Waals surface area contributed by atoms with Crippen molar-refractivity contribution in [3.05, 3.63) is 29.0 Å². The smallest absolute Gasteiger partial charge is 0.433 e. The van der Waals surface area contributed by atoms with Crippen LogP contribution in [0.5, 0.6) is 5.75 Å². The summed E-state index contributed by atoms with van der Waals surface area (Å²) in [6.45, 7) is 1.77. The van der Waals surface area contributed by atoms with Gasteiger partial charge in [0.25, 0.3) is 0 Å². The Kier molecular flexibility index (Phi) is 4.24. The number of hydrogen-bond donors (Lipinski definition) is 1. The number of aromatic nitrogens is 2. The van der Waals surface area contributed by atoms with Crippen molar-refractivity contribution in [3.8, 4) is 16.3 Å². The number of rotatable bonds is 4. The molecule has 20 heavy (non-hydrogen) atoms. The highest BCUT2D eigenvalue weighted by atomic mass is 32.1. The van der Waals surface area contributed by atoms with Crippen molar-refractivity contribution < 1.29 is 23.0 Å². The summed E-state index contributed by atoms with van der Waals surface area (Å²) < 4.78 is 43.4. The number of alkyl halides is 3. The van der Waals surface area contributed by atoms with E-state index < -0.39 is 11.9 Å². The SMILES string of the molecule is CCOc1ccc(C(F)(F)F)nc1-c1cnc(CO)s1. The Hall–Kier alpha value is -1.67. The third-order valence-corrected chi connectivity index (χ3v) is 3.36. The van der Waals surface area contributed by atoms with E-state index >= 15 is 0 Å². The van der Waals surface area contributed by atoms with Gasteiger partial charge in [-0.3, -0.25) is 0 Å². The van der Waals surface area contributed by atoms with Crippen LogP contribution in [0, 0.1) is 0 Å². The molecule has 0 aliphatic rings. The maximum atomic E-state index is 12.7. The molecule has 1 N–H and O–H groups in total. The van der Waals surface area contributed by atoms with Gasteiger partial charge < -0.3 is 9.84 Å². The highest BCUT2D eigenvalue weighted by molar-refractivity contribution is 7.15. The van der Waals surface area contributed by atoms with Crippen molar-refractivity contribution in [2.24, 2.45) is 0 Å². The van der Waals surface area contributed by atoms with E-state index in [0.717, 1.165) is 17.4 Å². The van der Waals surface area contributed by atoms with Gasteiger partial charge in [-0.2, -0.15) is 13.2 Å². The Morgan fingerprint density at radius 3 is 2.65 bits per heavy atom. The molecule has 0 fully saturated rings. The van der Waals surface area contributed by atoms with Gasteiger partial charge in [-0.1, -0.05) is 0 Å². The molecule has 0 aliphatic heterocycles. The van der Waals surface area contributed by atoms with Crippen LogP contribution in [0.1, 0.15) is 17.6 Å². The number of hydrogen-bond acceptors (Lipinski definition) is 5. The molecule has 0 radical (unpaired) electrons. The summed E-state index contributed by atoms with van der Waals surface area (Å²) in [5.74, 6) is 0.258. The predicted molar refractivity (Wildman–Crippen MR) is 67.4 cm³/mol. The van der Waals surface area contributed by atoms with Crippen LogP contribution in [0.15, 0.2) is 18.3 Å². The molecule has 0 saturated heterocycles. The van der Waals surface area contributed by atoms with E-state index in [4.69, 9.17) is 9.84 Å². The molecule has 0 saturated carbocycles. The van der Waals surface area contributed by atoms with Crippen LogP contribution in [0.2, 0.25) is 0 Å². The molecule has 0 atom stereocenters. The number of nitrogens with zero attached hydrogens (tertiary/aromatic N) is 2. The van der Waals surface area contributed by atoms with E-state index in [1.807, 2.05) is 0 Å². The van der Waals surface area contributed by atoms with Gasteiger partial charge in [-0.05, 0) is 19.1 Å². The Morgan fingerprint density at radius 2 is 2.10 bits per heavy atom. The molecule has 0 aromatic carbocycles. The molecular weight excluding hydrogens is 293 g/mol. The van der Waals surface area contributed by atoms with Gasteiger partial charge in [-0.15, -0.1) is 11.3 Å². The van der Waals surface area contributed by atoms with Crippen molar-refractivity contribution in [1.29, 1.82) is 0 Å². The molecule has 0 bridgehead atoms. The largest absolute Gasteiger partial charge is 0.492 e. The fourth-order valence-corrected chi connectivity index (χ4v) is 2.32. The van der Waals surface area contributed by atoms with Crippen LogP contribution in [-0.2, 0) is 12.8 Å². The lowest BCUT2D eigenvalue weighted by atomic mass is 10.2. The van der Waals surface area contributed by atoms with Crippen molar-refractivity contribution in [1.82, 2.24) is 9.97 Å². The number of thiazole rings is 1. The Morgan fingerprint density at radius 1 is 1.35 bits per heavy atom. The second-order valence-electron chi connectivity index (χ2n) is 3.75. The maximum absolute atomic E-state index is 12.7. The molecule has 2 rings (SSSR count). The van der Waals surface area contributed by atoms with Gasteiger partial charge in [-0.25, -0.2) is 9.97 Å². The van der Waals surface area contributed by atoms with Gasteiger partial charge in [0.15, 0.2) is 0 Å². The average molecular weight is 304 g/mol. The van der Waals surface area contributed by atoms with Gasteiger partial charge in [0.1, 0.15) is 22.1 Å². The zero-order valence-corrected chi connectivity index (χ0v) is 11.3. The first-order valence-electron chi connectivity index (χ1n) is 5.72. The standard InChI is InChI=1S/C12H11F3N2O2S/c1-2-19-7-3-4-9(12(13,14)15)17-11(7)8-5-16-10(6-18)20-8/h3-5,18H,2,6H2,1H3. The molecule has 4 nitrogen and oxygen atoms in total. The minimum Gasteiger partial charge on any atom is -0.492 e. The van der Waals surface area contributed by atoms with Crippen LogP contribution >= 0.6 is 11.3 Å². The average Bonchev–Trinajstić information content (AvgIpc) is 2.87. The summed E-state index contributed by atoms with van der Waals surface area (Å²) in [5, 5.41) is 9.37. The van der Waals surface area contributed by atoms with Crippen molar-refractivity contribution in [2.45, 2.75) is 19.7 Å². The molecule has 2 aromatic heterocycles. The molecule has 0 unspecified atom stereocenters. The van der Waals surface area contributed by atoms with Crippen molar-refractivity contribution in [2.75, 3.05) is 6.61 Å². The van der Waals surface area contributed by atoms with Gasteiger partial charge >= 0.3 is 6.18 Å². The van der Waals surface area contributed by atoms with Crippen LogP contribution in [0.3, 0.4) is 0 Å². The number of halogens is 3. The highest BCUT2D eigenvalue weighted by Crippen LogP contribution is 2.36. The van der Waals surface area contributed by atoms with E-state index in [1.54, 1.807) is 6.92 Å². The van der Waals surface area contributed by atoms with E-state index in [2.05, 4.69) is 9.97 Å². The normalized spacial score (nSPS) is 11.7. The predicted octanol–water partition coefficient (Wildman–Crippen LogP) is 3.11. The summed E-state index contributed by atoms with van der Waals surface area (Å²) in [7, 11) is 0. The highest BCUT2D eigenvalue weighted by Gasteiger charge is 2.33. The molecule has 8 heteroatoms. The fourth-order valence-electron chi connectivity index (χ4n) is 1.55. The second kappa shape index (κ2) is 5.76. The number of ether oxygens (including phenoxy) is 1. The Bertz CT molecular complexity index is 599. The molecule has 0 amide bonds. The van der Waals surface area contributed by atoms with E-state index in [0.29, 0.717) is 16.5 Å². The molecular formula is C12H11F3N2O2S.